The Kier molecular flexibility index (Phi) is 6.52. The maximum absolute atomic E-state index is 12.3. The van der Waals surface area contributed by atoms with Crippen molar-refractivity contribution in [1.29, 1.82) is 0 Å². The summed E-state index contributed by atoms with van der Waals surface area (Å²) in [4.78, 5) is 14.8. The Hall–Kier alpha value is -1.75. The van der Waals surface area contributed by atoms with Gasteiger partial charge < -0.3 is 19.7 Å². The molecule has 1 amide bonds. The van der Waals surface area contributed by atoms with Crippen LogP contribution in [0.4, 0.5) is 0 Å². The van der Waals surface area contributed by atoms with E-state index >= 15 is 0 Å². The Morgan fingerprint density at radius 1 is 1.18 bits per heavy atom. The second-order valence-corrected chi connectivity index (χ2v) is 5.55. The van der Waals surface area contributed by atoms with Gasteiger partial charge in [-0.1, -0.05) is 12.5 Å². The van der Waals surface area contributed by atoms with Gasteiger partial charge in [0.15, 0.2) is 11.5 Å². The van der Waals surface area contributed by atoms with Crippen LogP contribution in [0.5, 0.6) is 11.5 Å². The van der Waals surface area contributed by atoms with Gasteiger partial charge in [0.2, 0.25) is 0 Å². The first-order valence-electron chi connectivity index (χ1n) is 7.98. The topological polar surface area (TPSA) is 50.8 Å². The van der Waals surface area contributed by atoms with E-state index in [2.05, 4.69) is 10.2 Å². The molecule has 1 aromatic carbocycles. The van der Waals surface area contributed by atoms with Crippen LogP contribution in [0.15, 0.2) is 18.2 Å². The van der Waals surface area contributed by atoms with Crippen molar-refractivity contribution in [3.8, 4) is 11.5 Å². The summed E-state index contributed by atoms with van der Waals surface area (Å²) in [6, 6.07) is 5.33. The van der Waals surface area contributed by atoms with Crippen LogP contribution in [0.1, 0.15) is 36.0 Å². The highest BCUT2D eigenvalue weighted by atomic mass is 16.5. The van der Waals surface area contributed by atoms with Crippen molar-refractivity contribution >= 4 is 5.91 Å². The van der Waals surface area contributed by atoms with E-state index in [4.69, 9.17) is 9.47 Å². The standard InChI is InChI=1S/C17H26N2O3/c1-21-15-9-6-8-14(16(15)22-2)17(20)18-10-7-13-19-11-4-3-5-12-19/h6,8-9H,3-5,7,10-13H2,1-2H3,(H,18,20). The molecule has 122 valence electrons. The first-order chi connectivity index (χ1) is 10.8. The number of nitrogens with zero attached hydrogens (tertiary/aromatic N) is 1. The van der Waals surface area contributed by atoms with Gasteiger partial charge >= 0.3 is 0 Å². The minimum atomic E-state index is -0.116. The van der Waals surface area contributed by atoms with Crippen LogP contribution in [-0.2, 0) is 0 Å². The number of hydrogen-bond donors (Lipinski definition) is 1. The van der Waals surface area contributed by atoms with Gasteiger partial charge in [-0.2, -0.15) is 0 Å². The summed E-state index contributed by atoms with van der Waals surface area (Å²) in [6.07, 6.45) is 4.92. The van der Waals surface area contributed by atoms with Crippen LogP contribution >= 0.6 is 0 Å². The molecule has 0 radical (unpaired) electrons. The Labute approximate surface area is 132 Å². The van der Waals surface area contributed by atoms with E-state index < -0.39 is 0 Å². The maximum atomic E-state index is 12.3. The average molecular weight is 306 g/mol. The number of benzene rings is 1. The highest BCUT2D eigenvalue weighted by molar-refractivity contribution is 5.97. The Morgan fingerprint density at radius 2 is 1.95 bits per heavy atom. The molecule has 1 fully saturated rings. The molecule has 1 aromatic rings. The number of rotatable bonds is 7. The lowest BCUT2D eigenvalue weighted by Crippen LogP contribution is -2.33. The van der Waals surface area contributed by atoms with Gasteiger partial charge in [-0.3, -0.25) is 4.79 Å². The second kappa shape index (κ2) is 8.63. The maximum Gasteiger partial charge on any atom is 0.255 e. The van der Waals surface area contributed by atoms with E-state index in [1.165, 1.54) is 32.4 Å². The van der Waals surface area contributed by atoms with Crippen molar-refractivity contribution in [2.24, 2.45) is 0 Å². The largest absolute Gasteiger partial charge is 0.493 e. The zero-order valence-electron chi connectivity index (χ0n) is 13.6. The van der Waals surface area contributed by atoms with Crippen molar-refractivity contribution in [3.05, 3.63) is 23.8 Å². The molecule has 0 aromatic heterocycles. The smallest absolute Gasteiger partial charge is 0.255 e. The number of para-hydroxylation sites is 1. The summed E-state index contributed by atoms with van der Waals surface area (Å²) in [5.41, 5.74) is 0.514. The monoisotopic (exact) mass is 306 g/mol. The lowest BCUT2D eigenvalue weighted by molar-refractivity contribution is 0.0947. The predicted octanol–water partition coefficient (Wildman–Crippen LogP) is 2.31. The zero-order chi connectivity index (χ0) is 15.8. The predicted molar refractivity (Wildman–Crippen MR) is 86.8 cm³/mol. The number of nitrogens with one attached hydrogen (secondary N) is 1. The van der Waals surface area contributed by atoms with Crippen molar-refractivity contribution in [1.82, 2.24) is 10.2 Å². The third-order valence-electron chi connectivity index (χ3n) is 4.03. The van der Waals surface area contributed by atoms with Crippen molar-refractivity contribution in [2.75, 3.05) is 40.4 Å². The number of carbonyl (C=O) groups excluding carboxylic acids is 1. The molecule has 0 atom stereocenters. The van der Waals surface area contributed by atoms with Crippen molar-refractivity contribution in [3.63, 3.8) is 0 Å². The lowest BCUT2D eigenvalue weighted by Gasteiger charge is -2.26. The molecule has 1 aliphatic heterocycles. The fraction of sp³-hybridized carbons (Fsp3) is 0.588. The average Bonchev–Trinajstić information content (AvgIpc) is 2.58. The molecule has 5 nitrogen and oxygen atoms in total. The summed E-state index contributed by atoms with van der Waals surface area (Å²) in [5, 5.41) is 2.96. The van der Waals surface area contributed by atoms with Gasteiger partial charge in [-0.05, 0) is 51.0 Å². The molecule has 5 heteroatoms. The molecule has 0 bridgehead atoms. The SMILES string of the molecule is COc1cccc(C(=O)NCCCN2CCCCC2)c1OC. The molecule has 2 rings (SSSR count). The molecule has 22 heavy (non-hydrogen) atoms. The third kappa shape index (κ3) is 4.37. The summed E-state index contributed by atoms with van der Waals surface area (Å²) >= 11 is 0. The van der Waals surface area contributed by atoms with Crippen LogP contribution in [0.2, 0.25) is 0 Å². The summed E-state index contributed by atoms with van der Waals surface area (Å²) in [7, 11) is 3.11. The summed E-state index contributed by atoms with van der Waals surface area (Å²) in [5.74, 6) is 0.941. The molecule has 1 aliphatic rings. The van der Waals surface area contributed by atoms with E-state index in [0.717, 1.165) is 13.0 Å². The number of amides is 1. The number of ether oxygens (including phenoxy) is 2. The number of hydrogen-bond acceptors (Lipinski definition) is 4. The molecular weight excluding hydrogens is 280 g/mol. The number of methoxy groups -OCH3 is 2. The molecule has 0 unspecified atom stereocenters. The lowest BCUT2D eigenvalue weighted by atomic mass is 10.1. The molecule has 1 N–H and O–H groups in total. The van der Waals surface area contributed by atoms with Gasteiger partial charge in [0.1, 0.15) is 0 Å². The van der Waals surface area contributed by atoms with E-state index in [0.29, 0.717) is 23.6 Å². The van der Waals surface area contributed by atoms with E-state index in [1.54, 1.807) is 32.4 Å². The quantitative estimate of drug-likeness (QED) is 0.786. The van der Waals surface area contributed by atoms with Crippen molar-refractivity contribution < 1.29 is 14.3 Å². The fourth-order valence-corrected chi connectivity index (χ4v) is 2.85. The molecular formula is C17H26N2O3. The highest BCUT2D eigenvalue weighted by Gasteiger charge is 2.16. The fourth-order valence-electron chi connectivity index (χ4n) is 2.85. The highest BCUT2D eigenvalue weighted by Crippen LogP contribution is 2.30. The molecule has 0 spiro atoms. The van der Waals surface area contributed by atoms with Crippen LogP contribution in [0.3, 0.4) is 0 Å². The van der Waals surface area contributed by atoms with Crippen LogP contribution < -0.4 is 14.8 Å². The van der Waals surface area contributed by atoms with Crippen LogP contribution in [-0.4, -0.2) is 51.2 Å². The van der Waals surface area contributed by atoms with Gasteiger partial charge in [0.05, 0.1) is 19.8 Å². The van der Waals surface area contributed by atoms with Gasteiger partial charge in [0, 0.05) is 6.54 Å². The van der Waals surface area contributed by atoms with Gasteiger partial charge in [0.25, 0.3) is 5.91 Å². The zero-order valence-corrected chi connectivity index (χ0v) is 13.6. The van der Waals surface area contributed by atoms with Gasteiger partial charge in [-0.15, -0.1) is 0 Å². The molecule has 0 aliphatic carbocycles. The van der Waals surface area contributed by atoms with Crippen LogP contribution in [0.25, 0.3) is 0 Å². The first-order valence-corrected chi connectivity index (χ1v) is 7.98. The summed E-state index contributed by atoms with van der Waals surface area (Å²) < 4.78 is 10.5. The normalized spacial score (nSPS) is 15.4. The van der Waals surface area contributed by atoms with Crippen molar-refractivity contribution in [2.45, 2.75) is 25.7 Å². The second-order valence-electron chi connectivity index (χ2n) is 5.55. The Morgan fingerprint density at radius 3 is 2.64 bits per heavy atom. The third-order valence-corrected chi connectivity index (χ3v) is 4.03. The van der Waals surface area contributed by atoms with Gasteiger partial charge in [-0.25, -0.2) is 0 Å². The Balaban J connectivity index is 1.82. The number of piperidine rings is 1. The van der Waals surface area contributed by atoms with E-state index in [-0.39, 0.29) is 5.91 Å². The van der Waals surface area contributed by atoms with E-state index in [9.17, 15) is 4.79 Å². The minimum Gasteiger partial charge on any atom is -0.493 e. The van der Waals surface area contributed by atoms with E-state index in [1.807, 2.05) is 0 Å². The first kappa shape index (κ1) is 16.6. The Bertz CT molecular complexity index is 485. The number of likely N-dealkylation sites (tertiary alicyclic amines) is 1. The van der Waals surface area contributed by atoms with Crippen LogP contribution in [0, 0.1) is 0 Å². The summed E-state index contributed by atoms with van der Waals surface area (Å²) in [6.45, 7) is 4.11. The molecule has 1 heterocycles. The molecule has 1 saturated heterocycles. The molecule has 0 saturated carbocycles. The minimum absolute atomic E-state index is 0.116. The number of carbonyl (C=O) groups is 1.